The first-order chi connectivity index (χ1) is 17.9. The summed E-state index contributed by atoms with van der Waals surface area (Å²) in [5.41, 5.74) is 1.59. The van der Waals surface area contributed by atoms with Crippen LogP contribution in [0.2, 0.25) is 0 Å². The van der Waals surface area contributed by atoms with Crippen LogP contribution in [0.1, 0.15) is 46.3 Å². The maximum Gasteiger partial charge on any atom is 0.417 e. The number of nitrogens with two attached hydrogens (primary N) is 1. The highest BCUT2D eigenvalue weighted by atomic mass is 32.2. The molecule has 202 valence electrons. The minimum atomic E-state index is -4.50. The average Bonchev–Trinajstić information content (AvgIpc) is 3.36. The van der Waals surface area contributed by atoms with Gasteiger partial charge in [-0.15, -0.1) is 0 Å². The fourth-order valence-corrected chi connectivity index (χ4v) is 5.68. The number of likely N-dealkylation sites (tertiary alicyclic amines) is 1. The van der Waals surface area contributed by atoms with Gasteiger partial charge in [-0.25, -0.2) is 13.6 Å². The van der Waals surface area contributed by atoms with Crippen molar-refractivity contribution in [1.82, 2.24) is 4.90 Å². The smallest absolute Gasteiger partial charge is 0.322 e. The molecule has 1 aliphatic heterocycles. The summed E-state index contributed by atoms with van der Waals surface area (Å²) in [6.07, 6.45) is -0.874. The molecule has 0 aliphatic carbocycles. The van der Waals surface area contributed by atoms with Crippen molar-refractivity contribution in [1.29, 1.82) is 0 Å². The molecule has 10 heteroatoms. The van der Waals surface area contributed by atoms with Crippen LogP contribution in [0, 0.1) is 6.92 Å². The number of carbonyl (C=O) groups is 1. The van der Waals surface area contributed by atoms with Crippen molar-refractivity contribution in [2.24, 2.45) is 5.14 Å². The van der Waals surface area contributed by atoms with Gasteiger partial charge in [0.2, 0.25) is 10.0 Å². The molecule has 6 nitrogen and oxygen atoms in total. The maximum atomic E-state index is 13.8. The maximum absolute atomic E-state index is 13.8. The van der Waals surface area contributed by atoms with Gasteiger partial charge in [-0.1, -0.05) is 24.3 Å². The van der Waals surface area contributed by atoms with E-state index in [0.29, 0.717) is 28.8 Å². The van der Waals surface area contributed by atoms with Gasteiger partial charge in [0.25, 0.3) is 5.91 Å². The Bertz CT molecular complexity index is 1430. The number of nitrogens with one attached hydrogen (secondary N) is 1. The zero-order chi connectivity index (χ0) is 27.5. The first-order valence-corrected chi connectivity index (χ1v) is 13.9. The second-order valence-electron chi connectivity index (χ2n) is 9.55. The van der Waals surface area contributed by atoms with Crippen molar-refractivity contribution in [3.05, 3.63) is 82.9 Å². The molecule has 0 spiro atoms. The Morgan fingerprint density at radius 3 is 2.37 bits per heavy atom. The van der Waals surface area contributed by atoms with Crippen LogP contribution in [0.15, 0.2) is 65.6 Å². The van der Waals surface area contributed by atoms with Gasteiger partial charge in [0.15, 0.2) is 0 Å². The summed E-state index contributed by atoms with van der Waals surface area (Å²) in [7, 11) is -3.92. The lowest BCUT2D eigenvalue weighted by Crippen LogP contribution is -2.20. The third kappa shape index (κ3) is 6.61. The van der Waals surface area contributed by atoms with E-state index in [9.17, 15) is 26.4 Å². The zero-order valence-corrected chi connectivity index (χ0v) is 21.8. The Kier molecular flexibility index (Phi) is 8.25. The van der Waals surface area contributed by atoms with Gasteiger partial charge in [0.05, 0.1) is 10.5 Å². The predicted octanol–water partition coefficient (Wildman–Crippen LogP) is 5.61. The van der Waals surface area contributed by atoms with E-state index in [0.717, 1.165) is 45.0 Å². The number of halogens is 3. The first kappa shape index (κ1) is 27.8. The van der Waals surface area contributed by atoms with E-state index in [1.54, 1.807) is 31.2 Å². The number of hydrogen-bond acceptors (Lipinski definition) is 4. The second-order valence-corrected chi connectivity index (χ2v) is 11.1. The minimum Gasteiger partial charge on any atom is -0.322 e. The first-order valence-electron chi connectivity index (χ1n) is 12.4. The topological polar surface area (TPSA) is 92.5 Å². The molecule has 0 aromatic heterocycles. The standard InChI is InChI=1S/C28H30F3N3O3S/c1-19-17-21(10-13-26(19)38(32,36)37)27(35)33-22-11-12-23(24-8-2-3-9-25(24)28(29,30)31)20(18-22)7-6-16-34-14-4-5-15-34/h2-3,8-13,17-18H,4-7,14-16H2,1H3,(H,33,35)(H2,32,36,37). The van der Waals surface area contributed by atoms with E-state index in [-0.39, 0.29) is 16.0 Å². The normalized spacial score (nSPS) is 14.6. The summed E-state index contributed by atoms with van der Waals surface area (Å²) in [5.74, 6) is -0.472. The van der Waals surface area contributed by atoms with E-state index in [1.165, 1.54) is 30.3 Å². The highest BCUT2D eigenvalue weighted by Crippen LogP contribution is 2.39. The minimum absolute atomic E-state index is 0.0676. The van der Waals surface area contributed by atoms with Crippen LogP contribution in [0.4, 0.5) is 18.9 Å². The number of amides is 1. The van der Waals surface area contributed by atoms with Crippen LogP contribution in [0.3, 0.4) is 0 Å². The van der Waals surface area contributed by atoms with Crippen LogP contribution in [-0.2, 0) is 22.6 Å². The van der Waals surface area contributed by atoms with Gasteiger partial charge in [-0.3, -0.25) is 4.79 Å². The summed E-state index contributed by atoms with van der Waals surface area (Å²) in [5, 5.41) is 7.99. The zero-order valence-electron chi connectivity index (χ0n) is 21.0. The number of carbonyl (C=O) groups excluding carboxylic acids is 1. The molecular formula is C28H30F3N3O3S. The van der Waals surface area contributed by atoms with Crippen molar-refractivity contribution in [3.8, 4) is 11.1 Å². The highest BCUT2D eigenvalue weighted by Gasteiger charge is 2.33. The van der Waals surface area contributed by atoms with Gasteiger partial charge in [-0.2, -0.15) is 13.2 Å². The SMILES string of the molecule is Cc1cc(C(=O)Nc2ccc(-c3ccccc3C(F)(F)F)c(CCCN3CCCC3)c2)ccc1S(N)(=O)=O. The van der Waals surface area contributed by atoms with Crippen molar-refractivity contribution in [3.63, 3.8) is 0 Å². The molecule has 0 saturated carbocycles. The Labute approximate surface area is 220 Å². The number of sulfonamides is 1. The van der Waals surface area contributed by atoms with Crippen LogP contribution < -0.4 is 10.5 Å². The number of benzene rings is 3. The third-order valence-electron chi connectivity index (χ3n) is 6.75. The molecule has 4 rings (SSSR count). The summed E-state index contributed by atoms with van der Waals surface area (Å²) in [4.78, 5) is 15.2. The van der Waals surface area contributed by atoms with Crippen LogP contribution >= 0.6 is 0 Å². The Balaban J connectivity index is 1.63. The quantitative estimate of drug-likeness (QED) is 0.385. The van der Waals surface area contributed by atoms with Gasteiger partial charge in [0.1, 0.15) is 0 Å². The molecule has 1 fully saturated rings. The summed E-state index contributed by atoms with van der Waals surface area (Å²) < 4.78 is 64.7. The Morgan fingerprint density at radius 2 is 1.71 bits per heavy atom. The van der Waals surface area contributed by atoms with E-state index in [2.05, 4.69) is 10.2 Å². The molecule has 3 N–H and O–H groups in total. The highest BCUT2D eigenvalue weighted by molar-refractivity contribution is 7.89. The molecule has 0 radical (unpaired) electrons. The fraction of sp³-hybridized carbons (Fsp3) is 0.321. The molecule has 0 unspecified atom stereocenters. The largest absolute Gasteiger partial charge is 0.417 e. The van der Waals surface area contributed by atoms with Crippen molar-refractivity contribution in [2.45, 2.75) is 43.7 Å². The lowest BCUT2D eigenvalue weighted by molar-refractivity contribution is -0.137. The molecule has 1 saturated heterocycles. The van der Waals surface area contributed by atoms with E-state index < -0.39 is 27.7 Å². The molecule has 1 heterocycles. The van der Waals surface area contributed by atoms with Gasteiger partial charge in [-0.05, 0) is 111 Å². The monoisotopic (exact) mass is 545 g/mol. The molecule has 1 aliphatic rings. The lowest BCUT2D eigenvalue weighted by atomic mass is 9.92. The second kappa shape index (κ2) is 11.3. The average molecular weight is 546 g/mol. The Hall–Kier alpha value is -3.21. The number of rotatable bonds is 8. The number of anilines is 1. The molecule has 3 aromatic rings. The molecule has 0 bridgehead atoms. The summed E-state index contributed by atoms with van der Waals surface area (Å²) in [6, 6.07) is 14.5. The molecule has 0 atom stereocenters. The number of alkyl halides is 3. The third-order valence-corrected chi connectivity index (χ3v) is 7.82. The molecular weight excluding hydrogens is 515 g/mol. The summed E-state index contributed by atoms with van der Waals surface area (Å²) in [6.45, 7) is 4.46. The van der Waals surface area contributed by atoms with Crippen LogP contribution in [0.5, 0.6) is 0 Å². The van der Waals surface area contributed by atoms with Crippen molar-refractivity contribution >= 4 is 21.6 Å². The molecule has 38 heavy (non-hydrogen) atoms. The van der Waals surface area contributed by atoms with Crippen molar-refractivity contribution < 1.29 is 26.4 Å². The van der Waals surface area contributed by atoms with E-state index in [1.807, 2.05) is 0 Å². The Morgan fingerprint density at radius 1 is 1.00 bits per heavy atom. The predicted molar refractivity (Wildman–Crippen MR) is 141 cm³/mol. The molecule has 3 aromatic carbocycles. The van der Waals surface area contributed by atoms with Gasteiger partial charge in [0, 0.05) is 11.3 Å². The van der Waals surface area contributed by atoms with Gasteiger partial charge >= 0.3 is 6.18 Å². The van der Waals surface area contributed by atoms with Crippen LogP contribution in [-0.4, -0.2) is 38.9 Å². The van der Waals surface area contributed by atoms with Crippen molar-refractivity contribution in [2.75, 3.05) is 25.0 Å². The number of primary sulfonamides is 1. The van der Waals surface area contributed by atoms with E-state index in [4.69, 9.17) is 5.14 Å². The fourth-order valence-electron chi connectivity index (χ4n) is 4.92. The number of aryl methyl sites for hydroxylation is 2. The van der Waals surface area contributed by atoms with Crippen LogP contribution in [0.25, 0.3) is 11.1 Å². The summed E-state index contributed by atoms with van der Waals surface area (Å²) >= 11 is 0. The van der Waals surface area contributed by atoms with E-state index >= 15 is 0 Å². The molecule has 1 amide bonds. The van der Waals surface area contributed by atoms with Gasteiger partial charge < -0.3 is 10.2 Å². The number of hydrogen-bond donors (Lipinski definition) is 2. The lowest BCUT2D eigenvalue weighted by Gasteiger charge is -2.19. The number of nitrogens with zero attached hydrogens (tertiary/aromatic N) is 1.